The van der Waals surface area contributed by atoms with Gasteiger partial charge in [0.2, 0.25) is 0 Å². The Hall–Kier alpha value is -1.62. The van der Waals surface area contributed by atoms with Gasteiger partial charge in [0.15, 0.2) is 0 Å². The van der Waals surface area contributed by atoms with Gasteiger partial charge in [0.1, 0.15) is 0 Å². The van der Waals surface area contributed by atoms with Crippen LogP contribution in [-0.2, 0) is 6.54 Å². The minimum absolute atomic E-state index is 0.0992. The lowest BCUT2D eigenvalue weighted by atomic mass is 10.3. The summed E-state index contributed by atoms with van der Waals surface area (Å²) in [5, 5.41) is 7.39. The van der Waals surface area contributed by atoms with Crippen LogP contribution in [0, 0.1) is 0 Å². The molecule has 1 rings (SSSR count). The minimum atomic E-state index is -0.0992. The normalized spacial score (nSPS) is 10.4. The van der Waals surface area contributed by atoms with Gasteiger partial charge in [-0.3, -0.25) is 4.79 Å². The van der Waals surface area contributed by atoms with E-state index in [4.69, 9.17) is 0 Å². The quantitative estimate of drug-likeness (QED) is 0.576. The number of nitrogens with one attached hydrogen (secondary N) is 1. The van der Waals surface area contributed by atoms with Crippen LogP contribution in [0.25, 0.3) is 0 Å². The molecule has 5 heteroatoms. The van der Waals surface area contributed by atoms with Crippen LogP contribution < -0.4 is 15.8 Å². The summed E-state index contributed by atoms with van der Waals surface area (Å²) in [5.74, 6) is 0. The first-order chi connectivity index (χ1) is 8.54. The monoisotopic (exact) mass is 250 g/mol. The molecule has 18 heavy (non-hydrogen) atoms. The molecule has 0 atom stereocenters. The van der Waals surface area contributed by atoms with E-state index in [0.717, 1.165) is 30.8 Å². The summed E-state index contributed by atoms with van der Waals surface area (Å²) in [4.78, 5) is 13.7. The zero-order valence-electron chi connectivity index (χ0n) is 11.4. The molecule has 1 heterocycles. The van der Waals surface area contributed by atoms with Gasteiger partial charge in [-0.05, 0) is 18.5 Å². The van der Waals surface area contributed by atoms with Gasteiger partial charge in [-0.1, -0.05) is 13.5 Å². The highest BCUT2D eigenvalue weighted by Crippen LogP contribution is 2.03. The van der Waals surface area contributed by atoms with E-state index in [1.54, 1.807) is 12.3 Å². The lowest BCUT2D eigenvalue weighted by Gasteiger charge is -2.13. The second-order valence-electron chi connectivity index (χ2n) is 4.53. The van der Waals surface area contributed by atoms with E-state index in [1.165, 1.54) is 4.68 Å². The third-order valence-electron chi connectivity index (χ3n) is 2.55. The summed E-state index contributed by atoms with van der Waals surface area (Å²) in [6.07, 6.45) is 2.77. The number of hydrogen-bond acceptors (Lipinski definition) is 4. The third kappa shape index (κ3) is 4.33. The van der Waals surface area contributed by atoms with Gasteiger partial charge in [0, 0.05) is 26.7 Å². The molecule has 0 amide bonds. The molecule has 1 aromatic heterocycles. The fraction of sp³-hybridized carbons (Fsp3) is 0.538. The number of rotatable bonds is 7. The molecule has 5 nitrogen and oxygen atoms in total. The molecule has 0 radical (unpaired) electrons. The smallest absolute Gasteiger partial charge is 0.269 e. The van der Waals surface area contributed by atoms with E-state index in [1.807, 2.05) is 19.0 Å². The first kappa shape index (κ1) is 14.4. The third-order valence-corrected chi connectivity index (χ3v) is 2.55. The summed E-state index contributed by atoms with van der Waals surface area (Å²) >= 11 is 0. The highest BCUT2D eigenvalue weighted by Gasteiger charge is 2.03. The SMILES string of the molecule is C=C(CNCCC)Cn1ncc(N(C)C)cc1=O. The molecule has 0 aliphatic carbocycles. The maximum Gasteiger partial charge on any atom is 0.269 e. The zero-order valence-corrected chi connectivity index (χ0v) is 11.4. The lowest BCUT2D eigenvalue weighted by Crippen LogP contribution is -2.27. The zero-order chi connectivity index (χ0) is 13.5. The lowest BCUT2D eigenvalue weighted by molar-refractivity contribution is 0.603. The Morgan fingerprint density at radius 1 is 1.56 bits per heavy atom. The maximum atomic E-state index is 11.8. The number of hydrogen-bond donors (Lipinski definition) is 1. The van der Waals surface area contributed by atoms with E-state index < -0.39 is 0 Å². The maximum absolute atomic E-state index is 11.8. The van der Waals surface area contributed by atoms with Crippen molar-refractivity contribution in [2.75, 3.05) is 32.1 Å². The van der Waals surface area contributed by atoms with E-state index in [-0.39, 0.29) is 5.56 Å². The highest BCUT2D eigenvalue weighted by molar-refractivity contribution is 5.40. The van der Waals surface area contributed by atoms with Crippen molar-refractivity contribution in [1.82, 2.24) is 15.1 Å². The van der Waals surface area contributed by atoms with Crippen molar-refractivity contribution in [3.8, 4) is 0 Å². The predicted octanol–water partition coefficient (Wildman–Crippen LogP) is 0.865. The van der Waals surface area contributed by atoms with Crippen molar-refractivity contribution in [1.29, 1.82) is 0 Å². The van der Waals surface area contributed by atoms with Crippen LogP contribution in [0.4, 0.5) is 5.69 Å². The van der Waals surface area contributed by atoms with Crippen molar-refractivity contribution < 1.29 is 0 Å². The number of aromatic nitrogens is 2. The fourth-order valence-electron chi connectivity index (χ4n) is 1.50. The standard InChI is InChI=1S/C13H22N4O/c1-5-6-14-8-11(2)10-17-13(18)7-12(9-15-17)16(3)4/h7,9,14H,2,5-6,8,10H2,1,3-4H3. The fourth-order valence-corrected chi connectivity index (χ4v) is 1.50. The molecule has 0 saturated heterocycles. The second-order valence-corrected chi connectivity index (χ2v) is 4.53. The molecule has 0 bridgehead atoms. The molecule has 0 spiro atoms. The molecule has 0 saturated carbocycles. The van der Waals surface area contributed by atoms with Crippen molar-refractivity contribution in [2.24, 2.45) is 0 Å². The first-order valence-corrected chi connectivity index (χ1v) is 6.16. The molecule has 0 unspecified atom stereocenters. The van der Waals surface area contributed by atoms with Crippen LogP contribution in [0.2, 0.25) is 0 Å². The predicted molar refractivity (Wildman–Crippen MR) is 75.1 cm³/mol. The van der Waals surface area contributed by atoms with Gasteiger partial charge in [0.25, 0.3) is 5.56 Å². The average molecular weight is 250 g/mol. The van der Waals surface area contributed by atoms with Crippen LogP contribution in [-0.4, -0.2) is 37.0 Å². The van der Waals surface area contributed by atoms with Gasteiger partial charge >= 0.3 is 0 Å². The van der Waals surface area contributed by atoms with Crippen molar-refractivity contribution in [3.05, 3.63) is 34.8 Å². The Bertz CT molecular complexity index is 451. The molecule has 100 valence electrons. The molecule has 0 aliphatic heterocycles. The Kier molecular flexibility index (Phi) is 5.58. The highest BCUT2D eigenvalue weighted by atomic mass is 16.1. The molecule has 1 N–H and O–H groups in total. The Morgan fingerprint density at radius 3 is 2.83 bits per heavy atom. The molecular formula is C13H22N4O. The average Bonchev–Trinajstić information content (AvgIpc) is 2.32. The van der Waals surface area contributed by atoms with Gasteiger partial charge in [-0.25, -0.2) is 4.68 Å². The largest absolute Gasteiger partial charge is 0.376 e. The van der Waals surface area contributed by atoms with Crippen LogP contribution >= 0.6 is 0 Å². The van der Waals surface area contributed by atoms with Crippen molar-refractivity contribution in [2.45, 2.75) is 19.9 Å². The van der Waals surface area contributed by atoms with E-state index in [9.17, 15) is 4.79 Å². The minimum Gasteiger partial charge on any atom is -0.376 e. The van der Waals surface area contributed by atoms with Crippen molar-refractivity contribution in [3.63, 3.8) is 0 Å². The van der Waals surface area contributed by atoms with E-state index in [0.29, 0.717) is 6.54 Å². The molecular weight excluding hydrogens is 228 g/mol. The number of anilines is 1. The van der Waals surface area contributed by atoms with Gasteiger partial charge in [0.05, 0.1) is 18.4 Å². The molecule has 0 aromatic carbocycles. The van der Waals surface area contributed by atoms with Gasteiger partial charge in [-0.2, -0.15) is 5.10 Å². The van der Waals surface area contributed by atoms with Crippen molar-refractivity contribution >= 4 is 5.69 Å². The topological polar surface area (TPSA) is 50.2 Å². The second kappa shape index (κ2) is 6.96. The van der Waals surface area contributed by atoms with Crippen LogP contribution in [0.15, 0.2) is 29.2 Å². The van der Waals surface area contributed by atoms with Gasteiger partial charge in [-0.15, -0.1) is 0 Å². The molecule has 0 aliphatic rings. The Balaban J connectivity index is 2.62. The van der Waals surface area contributed by atoms with Crippen LogP contribution in [0.3, 0.4) is 0 Å². The molecule has 0 fully saturated rings. The number of nitrogens with zero attached hydrogens (tertiary/aromatic N) is 3. The summed E-state index contributed by atoms with van der Waals surface area (Å²) in [6.45, 7) is 8.20. The van der Waals surface area contributed by atoms with Crippen LogP contribution in [0.1, 0.15) is 13.3 Å². The Morgan fingerprint density at radius 2 is 2.28 bits per heavy atom. The summed E-state index contributed by atoms with van der Waals surface area (Å²) in [6, 6.07) is 1.58. The van der Waals surface area contributed by atoms with E-state index in [2.05, 4.69) is 23.9 Å². The molecule has 1 aromatic rings. The Labute approximate surface area is 108 Å². The van der Waals surface area contributed by atoms with Gasteiger partial charge < -0.3 is 10.2 Å². The van der Waals surface area contributed by atoms with E-state index >= 15 is 0 Å². The summed E-state index contributed by atoms with van der Waals surface area (Å²) < 4.78 is 1.43. The first-order valence-electron chi connectivity index (χ1n) is 6.16. The van der Waals surface area contributed by atoms with Crippen LogP contribution in [0.5, 0.6) is 0 Å². The summed E-state index contributed by atoms with van der Waals surface area (Å²) in [7, 11) is 3.77. The summed E-state index contributed by atoms with van der Waals surface area (Å²) in [5.41, 5.74) is 1.67.